The molecule has 5 nitrogen and oxygen atoms in total. The first-order valence-corrected chi connectivity index (χ1v) is 8.46. The van der Waals surface area contributed by atoms with E-state index in [-0.39, 0.29) is 5.91 Å². The summed E-state index contributed by atoms with van der Waals surface area (Å²) in [5.41, 5.74) is 7.12. The molecule has 2 aromatic carbocycles. The van der Waals surface area contributed by atoms with E-state index >= 15 is 0 Å². The number of nitrogens with two attached hydrogens (primary N) is 1. The van der Waals surface area contributed by atoms with E-state index in [1.54, 1.807) is 0 Å². The molecular formula is C20H24N2O3. The zero-order valence-electron chi connectivity index (χ0n) is 14.1. The number of carboxylic acid groups (broad SMARTS) is 1. The quantitative estimate of drug-likeness (QED) is 0.612. The van der Waals surface area contributed by atoms with E-state index in [2.05, 4.69) is 5.32 Å². The molecule has 0 aliphatic rings. The average molecular weight is 340 g/mol. The van der Waals surface area contributed by atoms with Crippen LogP contribution in [0.2, 0.25) is 0 Å². The number of rotatable bonds is 9. The fraction of sp³-hybridized carbons (Fsp3) is 0.300. The molecule has 0 fully saturated rings. The van der Waals surface area contributed by atoms with Crippen molar-refractivity contribution < 1.29 is 14.7 Å². The molecule has 5 heteroatoms. The van der Waals surface area contributed by atoms with Crippen LogP contribution in [0.1, 0.15) is 36.3 Å². The molecular weight excluding hydrogens is 316 g/mol. The SMILES string of the molecule is NCCCC[C@@H](NC(=O)C(c1ccccc1)c1ccccc1)C(=O)O. The Balaban J connectivity index is 2.22. The maximum atomic E-state index is 12.9. The first-order valence-electron chi connectivity index (χ1n) is 8.46. The summed E-state index contributed by atoms with van der Waals surface area (Å²) in [6, 6.07) is 17.8. The molecule has 0 aromatic heterocycles. The van der Waals surface area contributed by atoms with Crippen LogP contribution < -0.4 is 11.1 Å². The second-order valence-corrected chi connectivity index (χ2v) is 5.94. The van der Waals surface area contributed by atoms with Crippen LogP contribution >= 0.6 is 0 Å². The molecule has 1 atom stereocenters. The Morgan fingerprint density at radius 3 is 1.88 bits per heavy atom. The summed E-state index contributed by atoms with van der Waals surface area (Å²) in [6.45, 7) is 0.511. The van der Waals surface area contributed by atoms with Gasteiger partial charge in [-0.2, -0.15) is 0 Å². The molecule has 1 amide bonds. The topological polar surface area (TPSA) is 92.4 Å². The van der Waals surface area contributed by atoms with Crippen molar-refractivity contribution in [3.05, 3.63) is 71.8 Å². The molecule has 2 aromatic rings. The number of amides is 1. The maximum Gasteiger partial charge on any atom is 0.326 e. The molecule has 0 saturated heterocycles. The van der Waals surface area contributed by atoms with Gasteiger partial charge in [-0.25, -0.2) is 4.79 Å². The first-order chi connectivity index (χ1) is 12.1. The Morgan fingerprint density at radius 1 is 0.920 bits per heavy atom. The molecule has 25 heavy (non-hydrogen) atoms. The van der Waals surface area contributed by atoms with Crippen molar-refractivity contribution >= 4 is 11.9 Å². The molecule has 4 N–H and O–H groups in total. The lowest BCUT2D eigenvalue weighted by atomic mass is 9.90. The molecule has 0 bridgehead atoms. The van der Waals surface area contributed by atoms with Gasteiger partial charge in [-0.05, 0) is 36.9 Å². The standard InChI is InChI=1S/C20H24N2O3/c21-14-8-7-13-17(20(24)25)22-19(23)18(15-9-3-1-4-10-15)16-11-5-2-6-12-16/h1-6,9-12,17-18H,7-8,13-14,21H2,(H,22,23)(H,24,25)/t17-/m1/s1. The van der Waals surface area contributed by atoms with E-state index < -0.39 is 17.9 Å². The van der Waals surface area contributed by atoms with Crippen LogP contribution in [-0.2, 0) is 9.59 Å². The molecule has 132 valence electrons. The molecule has 0 spiro atoms. The van der Waals surface area contributed by atoms with Crippen molar-refractivity contribution in [3.8, 4) is 0 Å². The van der Waals surface area contributed by atoms with Gasteiger partial charge in [0.05, 0.1) is 5.92 Å². The van der Waals surface area contributed by atoms with E-state index in [9.17, 15) is 14.7 Å². The van der Waals surface area contributed by atoms with E-state index in [4.69, 9.17) is 5.73 Å². The van der Waals surface area contributed by atoms with Crippen LogP contribution in [-0.4, -0.2) is 29.6 Å². The van der Waals surface area contributed by atoms with Gasteiger partial charge in [-0.15, -0.1) is 0 Å². The van der Waals surface area contributed by atoms with Crippen molar-refractivity contribution in [2.45, 2.75) is 31.2 Å². The fourth-order valence-corrected chi connectivity index (χ4v) is 2.79. The maximum absolute atomic E-state index is 12.9. The minimum atomic E-state index is -1.02. The van der Waals surface area contributed by atoms with Gasteiger partial charge in [0.2, 0.25) is 5.91 Å². The number of benzene rings is 2. The van der Waals surface area contributed by atoms with Gasteiger partial charge < -0.3 is 16.2 Å². The Morgan fingerprint density at radius 2 is 1.44 bits per heavy atom. The lowest BCUT2D eigenvalue weighted by molar-refractivity contribution is -0.142. The number of unbranched alkanes of at least 4 members (excludes halogenated alkanes) is 1. The van der Waals surface area contributed by atoms with Gasteiger partial charge in [0.1, 0.15) is 6.04 Å². The van der Waals surface area contributed by atoms with Crippen LogP contribution in [0.4, 0.5) is 0 Å². The van der Waals surface area contributed by atoms with Crippen LogP contribution in [0, 0.1) is 0 Å². The van der Waals surface area contributed by atoms with E-state index in [0.29, 0.717) is 19.4 Å². The van der Waals surface area contributed by atoms with Crippen LogP contribution in [0.3, 0.4) is 0 Å². The number of hydrogen-bond acceptors (Lipinski definition) is 3. The van der Waals surface area contributed by atoms with Crippen molar-refractivity contribution in [2.75, 3.05) is 6.54 Å². The second-order valence-electron chi connectivity index (χ2n) is 5.94. The fourth-order valence-electron chi connectivity index (χ4n) is 2.79. The number of nitrogens with one attached hydrogen (secondary N) is 1. The Bertz CT molecular complexity index is 634. The predicted octanol–water partition coefficient (Wildman–Crippen LogP) is 2.52. The van der Waals surface area contributed by atoms with Crippen molar-refractivity contribution in [1.29, 1.82) is 0 Å². The summed E-state index contributed by atoms with van der Waals surface area (Å²) < 4.78 is 0. The highest BCUT2D eigenvalue weighted by Crippen LogP contribution is 2.25. The highest BCUT2D eigenvalue weighted by atomic mass is 16.4. The molecule has 0 heterocycles. The van der Waals surface area contributed by atoms with Gasteiger partial charge in [0.25, 0.3) is 0 Å². The van der Waals surface area contributed by atoms with Crippen molar-refractivity contribution in [1.82, 2.24) is 5.32 Å². The molecule has 2 rings (SSSR count). The van der Waals surface area contributed by atoms with Gasteiger partial charge >= 0.3 is 5.97 Å². The smallest absolute Gasteiger partial charge is 0.326 e. The predicted molar refractivity (Wildman–Crippen MR) is 97.2 cm³/mol. The molecule has 0 aliphatic carbocycles. The van der Waals surface area contributed by atoms with Gasteiger partial charge in [0.15, 0.2) is 0 Å². The zero-order chi connectivity index (χ0) is 18.1. The number of carboxylic acids is 1. The third kappa shape index (κ3) is 5.43. The second kappa shape index (κ2) is 9.59. The van der Waals surface area contributed by atoms with E-state index in [1.807, 2.05) is 60.7 Å². The monoisotopic (exact) mass is 340 g/mol. The summed E-state index contributed by atoms with van der Waals surface area (Å²) >= 11 is 0. The Hall–Kier alpha value is -2.66. The highest BCUT2D eigenvalue weighted by Gasteiger charge is 2.27. The normalized spacial score (nSPS) is 11.9. The Kier molecular flexibility index (Phi) is 7.16. The molecule has 0 radical (unpaired) electrons. The number of hydrogen-bond donors (Lipinski definition) is 3. The first kappa shape index (κ1) is 18.7. The molecule has 0 saturated carbocycles. The van der Waals surface area contributed by atoms with Crippen LogP contribution in [0.5, 0.6) is 0 Å². The summed E-state index contributed by atoms with van der Waals surface area (Å²) in [4.78, 5) is 24.4. The Labute approximate surface area is 147 Å². The number of aliphatic carboxylic acids is 1. The van der Waals surface area contributed by atoms with Crippen molar-refractivity contribution in [3.63, 3.8) is 0 Å². The van der Waals surface area contributed by atoms with Crippen molar-refractivity contribution in [2.24, 2.45) is 5.73 Å². The minimum absolute atomic E-state index is 0.308. The third-order valence-electron chi connectivity index (χ3n) is 4.09. The van der Waals surface area contributed by atoms with E-state index in [0.717, 1.165) is 17.5 Å². The largest absolute Gasteiger partial charge is 0.480 e. The summed E-state index contributed by atoms with van der Waals surface area (Å²) in [5.74, 6) is -1.87. The lowest BCUT2D eigenvalue weighted by Gasteiger charge is -2.21. The zero-order valence-corrected chi connectivity index (χ0v) is 14.1. The summed E-state index contributed by atoms with van der Waals surface area (Å²) in [6.07, 6.45) is 1.77. The minimum Gasteiger partial charge on any atom is -0.480 e. The van der Waals surface area contributed by atoms with Gasteiger partial charge in [-0.1, -0.05) is 60.7 Å². The third-order valence-corrected chi connectivity index (χ3v) is 4.09. The lowest BCUT2D eigenvalue weighted by Crippen LogP contribution is -2.43. The van der Waals surface area contributed by atoms with Crippen LogP contribution in [0.25, 0.3) is 0 Å². The van der Waals surface area contributed by atoms with Gasteiger partial charge in [-0.3, -0.25) is 4.79 Å². The van der Waals surface area contributed by atoms with Gasteiger partial charge in [0, 0.05) is 0 Å². The average Bonchev–Trinajstić information content (AvgIpc) is 2.63. The number of carbonyl (C=O) groups is 2. The van der Waals surface area contributed by atoms with Crippen LogP contribution in [0.15, 0.2) is 60.7 Å². The molecule has 0 unspecified atom stereocenters. The summed E-state index contributed by atoms with van der Waals surface area (Å²) in [7, 11) is 0. The summed E-state index contributed by atoms with van der Waals surface area (Å²) in [5, 5.41) is 12.1. The highest BCUT2D eigenvalue weighted by molar-refractivity contribution is 5.90. The van der Waals surface area contributed by atoms with E-state index in [1.165, 1.54) is 0 Å². The number of carbonyl (C=O) groups excluding carboxylic acids is 1. The molecule has 0 aliphatic heterocycles.